The predicted molar refractivity (Wildman–Crippen MR) is 31.4 cm³/mol. The molecule has 0 aromatic rings. The van der Waals surface area contributed by atoms with Crippen LogP contribution in [0.4, 0.5) is 0 Å². The number of nitrogens with one attached hydrogen (secondary N) is 2. The fourth-order valence-electron chi connectivity index (χ4n) is 0.487. The van der Waals surface area contributed by atoms with Crippen molar-refractivity contribution in [2.45, 2.75) is 0 Å². The molecule has 0 radical (unpaired) electrons. The molecule has 3 nitrogen and oxygen atoms in total. The molecular formula is C3H9N3S. The summed E-state index contributed by atoms with van der Waals surface area (Å²) in [6, 6.07) is 0. The minimum absolute atomic E-state index is 0.904. The van der Waals surface area contributed by atoms with E-state index in [1.54, 1.807) is 11.9 Å². The maximum Gasteiger partial charge on any atom is 0.0746 e. The van der Waals surface area contributed by atoms with Crippen LogP contribution < -0.4 is 10.7 Å². The normalized spacial score (nSPS) is 23.6. The van der Waals surface area contributed by atoms with Gasteiger partial charge in [-0.25, -0.2) is 5.43 Å². The zero-order chi connectivity index (χ0) is 5.11. The Morgan fingerprint density at radius 2 is 2.57 bits per heavy atom. The zero-order valence-corrected chi connectivity index (χ0v) is 5.09. The summed E-state index contributed by atoms with van der Waals surface area (Å²) in [5.74, 6) is 0. The molecule has 2 N–H and O–H groups in total. The van der Waals surface area contributed by atoms with E-state index in [0.29, 0.717) is 0 Å². The second kappa shape index (κ2) is 2.52. The summed E-state index contributed by atoms with van der Waals surface area (Å²) in [5, 5.41) is 3.12. The minimum Gasteiger partial charge on any atom is -0.289 e. The Morgan fingerprint density at radius 1 is 1.71 bits per heavy atom. The first kappa shape index (κ1) is 5.37. The van der Waals surface area contributed by atoms with Crippen molar-refractivity contribution >= 4 is 11.9 Å². The van der Waals surface area contributed by atoms with Gasteiger partial charge in [0.05, 0.1) is 13.3 Å². The molecule has 0 aromatic carbocycles. The molecule has 42 valence electrons. The number of nitrogens with zero attached hydrogens (tertiary/aromatic N) is 1. The summed E-state index contributed by atoms with van der Waals surface area (Å²) in [5.41, 5.74) is 3.09. The SMILES string of the molecule is CSN1CNCN1. The van der Waals surface area contributed by atoms with Gasteiger partial charge in [-0.3, -0.25) is 5.32 Å². The maximum absolute atomic E-state index is 3.12. The van der Waals surface area contributed by atoms with Gasteiger partial charge in [0.2, 0.25) is 0 Å². The second-order valence-electron chi connectivity index (χ2n) is 1.30. The summed E-state index contributed by atoms with van der Waals surface area (Å²) in [6.07, 6.45) is 2.04. The summed E-state index contributed by atoms with van der Waals surface area (Å²) in [4.78, 5) is 0. The van der Waals surface area contributed by atoms with E-state index in [-0.39, 0.29) is 0 Å². The molecule has 1 heterocycles. The van der Waals surface area contributed by atoms with Gasteiger partial charge in [0.1, 0.15) is 0 Å². The largest absolute Gasteiger partial charge is 0.289 e. The first-order valence-electron chi connectivity index (χ1n) is 2.19. The molecule has 1 aliphatic rings. The van der Waals surface area contributed by atoms with Gasteiger partial charge in [0, 0.05) is 0 Å². The molecule has 0 aromatic heterocycles. The smallest absolute Gasteiger partial charge is 0.0746 e. The monoisotopic (exact) mass is 119 g/mol. The van der Waals surface area contributed by atoms with Crippen molar-refractivity contribution in [2.75, 3.05) is 19.6 Å². The fraction of sp³-hybridized carbons (Fsp3) is 1.00. The highest BCUT2D eigenvalue weighted by atomic mass is 32.2. The lowest BCUT2D eigenvalue weighted by atomic mass is 11.1. The summed E-state index contributed by atoms with van der Waals surface area (Å²) in [7, 11) is 0. The Kier molecular flexibility index (Phi) is 1.93. The third-order valence-electron chi connectivity index (χ3n) is 0.856. The van der Waals surface area contributed by atoms with Gasteiger partial charge < -0.3 is 0 Å². The molecule has 1 saturated heterocycles. The van der Waals surface area contributed by atoms with E-state index in [1.807, 2.05) is 10.7 Å². The number of hydrogen-bond acceptors (Lipinski definition) is 4. The van der Waals surface area contributed by atoms with Gasteiger partial charge in [-0.2, -0.15) is 4.41 Å². The first-order chi connectivity index (χ1) is 3.43. The molecule has 0 saturated carbocycles. The van der Waals surface area contributed by atoms with Gasteiger partial charge in [-0.1, -0.05) is 11.9 Å². The predicted octanol–water partition coefficient (Wildman–Crippen LogP) is -0.411. The van der Waals surface area contributed by atoms with E-state index < -0.39 is 0 Å². The summed E-state index contributed by atoms with van der Waals surface area (Å²) < 4.78 is 2.04. The van der Waals surface area contributed by atoms with E-state index in [0.717, 1.165) is 13.3 Å². The van der Waals surface area contributed by atoms with Crippen LogP contribution in [0.5, 0.6) is 0 Å². The summed E-state index contributed by atoms with van der Waals surface area (Å²) >= 11 is 1.69. The molecule has 1 aliphatic heterocycles. The standard InChI is InChI=1S/C3H9N3S/c1-7-6-3-4-2-5-6/h4-5H,2-3H2,1H3. The van der Waals surface area contributed by atoms with E-state index in [2.05, 4.69) is 10.7 Å². The van der Waals surface area contributed by atoms with Gasteiger partial charge in [0.15, 0.2) is 0 Å². The van der Waals surface area contributed by atoms with Crippen molar-refractivity contribution in [3.05, 3.63) is 0 Å². The molecule has 7 heavy (non-hydrogen) atoms. The van der Waals surface area contributed by atoms with Crippen LogP contribution >= 0.6 is 11.9 Å². The number of hydrogen-bond donors (Lipinski definition) is 2. The molecular weight excluding hydrogens is 110 g/mol. The molecule has 0 atom stereocenters. The van der Waals surface area contributed by atoms with Gasteiger partial charge in [0.25, 0.3) is 0 Å². The number of rotatable bonds is 1. The van der Waals surface area contributed by atoms with Crippen molar-refractivity contribution in [1.29, 1.82) is 0 Å². The lowest BCUT2D eigenvalue weighted by molar-refractivity contribution is 0.459. The molecule has 1 fully saturated rings. The van der Waals surface area contributed by atoms with Crippen LogP contribution in [-0.4, -0.2) is 24.0 Å². The van der Waals surface area contributed by atoms with Crippen LogP contribution in [0.25, 0.3) is 0 Å². The molecule has 1 rings (SSSR count). The lowest BCUT2D eigenvalue weighted by Gasteiger charge is -2.06. The summed E-state index contributed by atoms with van der Waals surface area (Å²) in [6.45, 7) is 1.85. The van der Waals surface area contributed by atoms with E-state index in [1.165, 1.54) is 0 Å². The lowest BCUT2D eigenvalue weighted by Crippen LogP contribution is -2.22. The third-order valence-corrected chi connectivity index (χ3v) is 1.56. The Balaban J connectivity index is 2.14. The van der Waals surface area contributed by atoms with Crippen molar-refractivity contribution in [1.82, 2.24) is 15.2 Å². The van der Waals surface area contributed by atoms with Gasteiger partial charge in [-0.15, -0.1) is 0 Å². The number of hydrazine groups is 1. The van der Waals surface area contributed by atoms with E-state index in [9.17, 15) is 0 Å². The van der Waals surface area contributed by atoms with Crippen molar-refractivity contribution in [3.63, 3.8) is 0 Å². The quantitative estimate of drug-likeness (QED) is 0.459. The fourth-order valence-corrected chi connectivity index (χ4v) is 0.901. The molecule has 0 amide bonds. The molecule has 0 bridgehead atoms. The van der Waals surface area contributed by atoms with Crippen LogP contribution in [0.1, 0.15) is 0 Å². The van der Waals surface area contributed by atoms with Crippen molar-refractivity contribution in [3.8, 4) is 0 Å². The van der Waals surface area contributed by atoms with Gasteiger partial charge >= 0.3 is 0 Å². The van der Waals surface area contributed by atoms with Crippen molar-refractivity contribution < 1.29 is 0 Å². The zero-order valence-electron chi connectivity index (χ0n) is 4.27. The average molecular weight is 119 g/mol. The Hall–Kier alpha value is 0.230. The Bertz CT molecular complexity index is 52.1. The third kappa shape index (κ3) is 1.31. The molecule has 0 unspecified atom stereocenters. The van der Waals surface area contributed by atoms with Crippen LogP contribution in [0.15, 0.2) is 0 Å². The molecule has 0 aliphatic carbocycles. The van der Waals surface area contributed by atoms with Crippen LogP contribution in [-0.2, 0) is 0 Å². The van der Waals surface area contributed by atoms with E-state index in [4.69, 9.17) is 0 Å². The van der Waals surface area contributed by atoms with Crippen molar-refractivity contribution in [2.24, 2.45) is 0 Å². The highest BCUT2D eigenvalue weighted by Crippen LogP contribution is 1.99. The highest BCUT2D eigenvalue weighted by molar-refractivity contribution is 7.96. The van der Waals surface area contributed by atoms with Crippen LogP contribution in [0, 0.1) is 0 Å². The van der Waals surface area contributed by atoms with E-state index >= 15 is 0 Å². The van der Waals surface area contributed by atoms with Crippen LogP contribution in [0.3, 0.4) is 0 Å². The average Bonchev–Trinajstić information content (AvgIpc) is 2.14. The Labute approximate surface area is 47.6 Å². The Morgan fingerprint density at radius 3 is 2.86 bits per heavy atom. The topological polar surface area (TPSA) is 27.3 Å². The van der Waals surface area contributed by atoms with Crippen LogP contribution in [0.2, 0.25) is 0 Å². The maximum atomic E-state index is 3.12. The highest BCUT2D eigenvalue weighted by Gasteiger charge is 2.05. The van der Waals surface area contributed by atoms with Gasteiger partial charge in [-0.05, 0) is 6.26 Å². The first-order valence-corrected chi connectivity index (χ1v) is 3.37. The second-order valence-corrected chi connectivity index (χ2v) is 2.11. The minimum atomic E-state index is 0.904. The molecule has 0 spiro atoms. The molecule has 4 heteroatoms.